The maximum Gasteiger partial charge on any atom is 0.262 e. The minimum atomic E-state index is -0.554. The third-order valence-corrected chi connectivity index (χ3v) is 3.29. The zero-order valence-corrected chi connectivity index (χ0v) is 10.4. The lowest BCUT2D eigenvalue weighted by molar-refractivity contribution is -0.117. The Morgan fingerprint density at radius 3 is 2.56 bits per heavy atom. The molecule has 2 rings (SSSR count). The fourth-order valence-electron chi connectivity index (χ4n) is 1.58. The molecule has 0 radical (unpaired) electrons. The molecule has 2 amide bonds. The van der Waals surface area contributed by atoms with E-state index in [4.69, 9.17) is 5.73 Å². The lowest BCUT2D eigenvalue weighted by Gasteiger charge is -2.04. The predicted molar refractivity (Wildman–Crippen MR) is 71.3 cm³/mol. The second kappa shape index (κ2) is 5.46. The van der Waals surface area contributed by atoms with E-state index in [-0.39, 0.29) is 12.5 Å². The molecule has 0 fully saturated rings. The van der Waals surface area contributed by atoms with Crippen molar-refractivity contribution in [1.29, 1.82) is 0 Å². The van der Waals surface area contributed by atoms with Crippen LogP contribution in [-0.2, 0) is 4.79 Å². The molecule has 1 aromatic heterocycles. The fraction of sp³-hybridized carbons (Fsp3) is 0.0769. The summed E-state index contributed by atoms with van der Waals surface area (Å²) in [6.07, 6.45) is 0. The molecule has 0 bridgehead atoms. The lowest BCUT2D eigenvalue weighted by atomic mass is 10.1. The molecule has 2 aromatic rings. The Morgan fingerprint density at radius 1 is 1.17 bits per heavy atom. The number of primary amides is 1. The van der Waals surface area contributed by atoms with Gasteiger partial charge in [-0.1, -0.05) is 30.3 Å². The molecule has 1 aromatic carbocycles. The second-order valence-corrected chi connectivity index (χ2v) is 4.59. The van der Waals surface area contributed by atoms with Crippen LogP contribution < -0.4 is 11.1 Å². The van der Waals surface area contributed by atoms with Crippen LogP contribution in [0.4, 0.5) is 0 Å². The van der Waals surface area contributed by atoms with Gasteiger partial charge in [0.05, 0.1) is 11.4 Å². The molecule has 0 aliphatic carbocycles. The maximum atomic E-state index is 11.9. The van der Waals surface area contributed by atoms with Crippen molar-refractivity contribution in [1.82, 2.24) is 5.32 Å². The van der Waals surface area contributed by atoms with E-state index in [9.17, 15) is 9.59 Å². The minimum Gasteiger partial charge on any atom is -0.368 e. The van der Waals surface area contributed by atoms with Crippen molar-refractivity contribution < 1.29 is 9.59 Å². The van der Waals surface area contributed by atoms with Gasteiger partial charge >= 0.3 is 0 Å². The third-order valence-electron chi connectivity index (χ3n) is 2.38. The number of carbonyl (C=O) groups excluding carboxylic acids is 2. The molecule has 0 unspecified atom stereocenters. The molecule has 92 valence electrons. The van der Waals surface area contributed by atoms with Crippen molar-refractivity contribution in [2.45, 2.75) is 0 Å². The van der Waals surface area contributed by atoms with Crippen LogP contribution in [0.25, 0.3) is 11.1 Å². The van der Waals surface area contributed by atoms with E-state index in [0.717, 1.165) is 11.1 Å². The average molecular weight is 260 g/mol. The number of nitrogens with one attached hydrogen (secondary N) is 1. The van der Waals surface area contributed by atoms with Gasteiger partial charge in [0.15, 0.2) is 0 Å². The number of rotatable bonds is 4. The van der Waals surface area contributed by atoms with E-state index in [1.807, 2.05) is 41.8 Å². The summed E-state index contributed by atoms with van der Waals surface area (Å²) in [4.78, 5) is 23.1. The summed E-state index contributed by atoms with van der Waals surface area (Å²) >= 11 is 1.34. The smallest absolute Gasteiger partial charge is 0.262 e. The first-order chi connectivity index (χ1) is 8.68. The van der Waals surface area contributed by atoms with E-state index >= 15 is 0 Å². The van der Waals surface area contributed by atoms with Crippen LogP contribution in [0.2, 0.25) is 0 Å². The Kier molecular flexibility index (Phi) is 3.74. The molecule has 0 atom stereocenters. The first-order valence-electron chi connectivity index (χ1n) is 5.38. The molecule has 0 spiro atoms. The van der Waals surface area contributed by atoms with E-state index in [1.165, 1.54) is 11.3 Å². The van der Waals surface area contributed by atoms with E-state index in [0.29, 0.717) is 4.88 Å². The topological polar surface area (TPSA) is 72.2 Å². The van der Waals surface area contributed by atoms with Crippen molar-refractivity contribution in [3.63, 3.8) is 0 Å². The van der Waals surface area contributed by atoms with Crippen LogP contribution in [0, 0.1) is 0 Å². The van der Waals surface area contributed by atoms with Crippen LogP contribution in [0.5, 0.6) is 0 Å². The number of hydrogen-bond donors (Lipinski definition) is 2. The van der Waals surface area contributed by atoms with Gasteiger partial charge in [-0.2, -0.15) is 0 Å². The van der Waals surface area contributed by atoms with Crippen LogP contribution in [0.15, 0.2) is 41.8 Å². The Balaban J connectivity index is 2.23. The zero-order valence-electron chi connectivity index (χ0n) is 9.55. The van der Waals surface area contributed by atoms with Gasteiger partial charge < -0.3 is 11.1 Å². The number of benzene rings is 1. The first kappa shape index (κ1) is 12.3. The molecule has 3 N–H and O–H groups in total. The molecule has 0 aliphatic heterocycles. The van der Waals surface area contributed by atoms with Crippen LogP contribution in [0.3, 0.4) is 0 Å². The summed E-state index contributed by atoms with van der Waals surface area (Å²) in [6.45, 7) is -0.148. The Hall–Kier alpha value is -2.14. The second-order valence-electron chi connectivity index (χ2n) is 3.68. The van der Waals surface area contributed by atoms with Crippen molar-refractivity contribution in [3.05, 3.63) is 46.7 Å². The molecule has 4 nitrogen and oxygen atoms in total. The first-order valence-corrected chi connectivity index (χ1v) is 6.26. The van der Waals surface area contributed by atoms with E-state index in [1.54, 1.807) is 0 Å². The van der Waals surface area contributed by atoms with Crippen LogP contribution in [-0.4, -0.2) is 18.4 Å². The summed E-state index contributed by atoms with van der Waals surface area (Å²) in [5.41, 5.74) is 6.83. The normalized spacial score (nSPS) is 10.0. The zero-order chi connectivity index (χ0) is 13.0. The highest BCUT2D eigenvalue weighted by molar-refractivity contribution is 7.12. The lowest BCUT2D eigenvalue weighted by Crippen LogP contribution is -2.33. The SMILES string of the molecule is NC(=O)CNC(=O)c1sccc1-c1ccccc1. The van der Waals surface area contributed by atoms with Gasteiger partial charge in [0, 0.05) is 5.56 Å². The summed E-state index contributed by atoms with van der Waals surface area (Å²) in [7, 11) is 0. The Bertz CT molecular complexity index is 563. The van der Waals surface area contributed by atoms with Crippen molar-refractivity contribution >= 4 is 23.2 Å². The predicted octanol–water partition coefficient (Wildman–Crippen LogP) is 1.63. The van der Waals surface area contributed by atoms with Crippen LogP contribution in [0.1, 0.15) is 9.67 Å². The quantitative estimate of drug-likeness (QED) is 0.877. The molecular weight excluding hydrogens is 248 g/mol. The maximum absolute atomic E-state index is 11.9. The summed E-state index contributed by atoms with van der Waals surface area (Å²) in [5, 5.41) is 4.34. The Morgan fingerprint density at radius 2 is 1.89 bits per heavy atom. The van der Waals surface area contributed by atoms with Gasteiger partial charge in [-0.05, 0) is 17.0 Å². The highest BCUT2D eigenvalue weighted by atomic mass is 32.1. The third kappa shape index (κ3) is 2.75. The summed E-state index contributed by atoms with van der Waals surface area (Å²) < 4.78 is 0. The standard InChI is InChI=1S/C13H12N2O2S/c14-11(16)8-15-13(17)12-10(6-7-18-12)9-4-2-1-3-5-9/h1-7H,8H2,(H2,14,16)(H,15,17). The van der Waals surface area contributed by atoms with Crippen molar-refractivity contribution in [2.75, 3.05) is 6.54 Å². The number of amides is 2. The van der Waals surface area contributed by atoms with Gasteiger partial charge in [-0.15, -0.1) is 11.3 Å². The fourth-order valence-corrected chi connectivity index (χ4v) is 2.41. The number of carbonyl (C=O) groups is 2. The molecular formula is C13H12N2O2S. The highest BCUT2D eigenvalue weighted by Crippen LogP contribution is 2.27. The summed E-state index contributed by atoms with van der Waals surface area (Å²) in [5.74, 6) is -0.830. The van der Waals surface area contributed by atoms with Gasteiger partial charge in [0.2, 0.25) is 5.91 Å². The average Bonchev–Trinajstić information content (AvgIpc) is 2.86. The van der Waals surface area contributed by atoms with Gasteiger partial charge in [-0.3, -0.25) is 9.59 Å². The largest absolute Gasteiger partial charge is 0.368 e. The van der Waals surface area contributed by atoms with Crippen LogP contribution >= 0.6 is 11.3 Å². The Labute approximate surface area is 108 Å². The highest BCUT2D eigenvalue weighted by Gasteiger charge is 2.14. The molecule has 0 aliphatic rings. The molecule has 1 heterocycles. The van der Waals surface area contributed by atoms with Crippen molar-refractivity contribution in [2.24, 2.45) is 5.73 Å². The van der Waals surface area contributed by atoms with Crippen molar-refractivity contribution in [3.8, 4) is 11.1 Å². The molecule has 5 heteroatoms. The van der Waals surface area contributed by atoms with E-state index in [2.05, 4.69) is 5.32 Å². The van der Waals surface area contributed by atoms with Gasteiger partial charge in [-0.25, -0.2) is 0 Å². The summed E-state index contributed by atoms with van der Waals surface area (Å²) in [6, 6.07) is 11.5. The monoisotopic (exact) mass is 260 g/mol. The van der Waals surface area contributed by atoms with E-state index < -0.39 is 5.91 Å². The number of hydrogen-bond acceptors (Lipinski definition) is 3. The van der Waals surface area contributed by atoms with Gasteiger partial charge in [0.1, 0.15) is 0 Å². The number of nitrogens with two attached hydrogens (primary N) is 1. The molecule has 18 heavy (non-hydrogen) atoms. The minimum absolute atomic E-state index is 0.148. The molecule has 0 saturated heterocycles. The van der Waals surface area contributed by atoms with Gasteiger partial charge in [0.25, 0.3) is 5.91 Å². The number of thiophene rings is 1. The molecule has 0 saturated carbocycles.